The van der Waals surface area contributed by atoms with E-state index >= 15 is 0 Å². The number of nitriles is 1. The third-order valence-corrected chi connectivity index (χ3v) is 2.85. The van der Waals surface area contributed by atoms with E-state index in [0.717, 1.165) is 30.6 Å². The lowest BCUT2D eigenvalue weighted by molar-refractivity contribution is -0.117. The molecule has 0 aromatic heterocycles. The molecule has 82 valence electrons. The molecule has 0 N–H and O–H groups in total. The summed E-state index contributed by atoms with van der Waals surface area (Å²) in [6.07, 6.45) is 2.86. The first-order valence-electron chi connectivity index (χ1n) is 5.58. The molecule has 1 heterocycles. The van der Waals surface area contributed by atoms with Gasteiger partial charge in [0.1, 0.15) is 0 Å². The Kier molecular flexibility index (Phi) is 3.21. The molecular weight excluding hydrogens is 200 g/mol. The second-order valence-electron chi connectivity index (χ2n) is 3.97. The number of hydrogen-bond donors (Lipinski definition) is 0. The van der Waals surface area contributed by atoms with Crippen molar-refractivity contribution in [3.05, 3.63) is 29.8 Å². The molecule has 0 spiro atoms. The maximum Gasteiger partial charge on any atom is 0.231 e. The molecule has 0 radical (unpaired) electrons. The van der Waals surface area contributed by atoms with E-state index in [4.69, 9.17) is 5.26 Å². The Balaban J connectivity index is 2.00. The van der Waals surface area contributed by atoms with Crippen molar-refractivity contribution < 1.29 is 4.79 Å². The number of rotatable bonds is 4. The minimum absolute atomic E-state index is 0.179. The predicted octanol–water partition coefficient (Wildman–Crippen LogP) is 2.27. The van der Waals surface area contributed by atoms with Gasteiger partial charge in [-0.3, -0.25) is 4.79 Å². The molecule has 1 amide bonds. The molecule has 1 aromatic carbocycles. The van der Waals surface area contributed by atoms with Crippen LogP contribution in [0.25, 0.3) is 0 Å². The van der Waals surface area contributed by atoms with E-state index < -0.39 is 0 Å². The molecule has 1 aliphatic rings. The van der Waals surface area contributed by atoms with Gasteiger partial charge in [0.05, 0.1) is 12.5 Å². The lowest BCUT2D eigenvalue weighted by atomic mass is 10.2. The highest BCUT2D eigenvalue weighted by Crippen LogP contribution is 2.28. The molecule has 0 atom stereocenters. The number of unbranched alkanes of at least 4 members (excludes halogenated alkanes) is 2. The van der Waals surface area contributed by atoms with Crippen LogP contribution in [0, 0.1) is 11.3 Å². The molecule has 1 aliphatic heterocycles. The van der Waals surface area contributed by atoms with Gasteiger partial charge in [0.25, 0.3) is 0 Å². The molecule has 16 heavy (non-hydrogen) atoms. The highest BCUT2D eigenvalue weighted by atomic mass is 16.2. The van der Waals surface area contributed by atoms with Crippen LogP contribution < -0.4 is 4.90 Å². The molecule has 3 nitrogen and oxygen atoms in total. The van der Waals surface area contributed by atoms with Gasteiger partial charge in [0, 0.05) is 18.7 Å². The van der Waals surface area contributed by atoms with Crippen molar-refractivity contribution in [1.82, 2.24) is 0 Å². The van der Waals surface area contributed by atoms with Gasteiger partial charge in [-0.05, 0) is 24.5 Å². The fourth-order valence-electron chi connectivity index (χ4n) is 2.04. The lowest BCUT2D eigenvalue weighted by Gasteiger charge is -2.16. The summed E-state index contributed by atoms with van der Waals surface area (Å²) in [7, 11) is 0. The molecule has 0 fully saturated rings. The fraction of sp³-hybridized carbons (Fsp3) is 0.385. The molecule has 0 bridgehead atoms. The number of anilines is 1. The van der Waals surface area contributed by atoms with Crippen LogP contribution in [0.2, 0.25) is 0 Å². The second-order valence-corrected chi connectivity index (χ2v) is 3.97. The fourth-order valence-corrected chi connectivity index (χ4v) is 2.04. The van der Waals surface area contributed by atoms with Crippen LogP contribution in [0.15, 0.2) is 24.3 Å². The van der Waals surface area contributed by atoms with Crippen LogP contribution >= 0.6 is 0 Å². The van der Waals surface area contributed by atoms with Crippen LogP contribution in [-0.2, 0) is 11.2 Å². The third-order valence-electron chi connectivity index (χ3n) is 2.85. The summed E-state index contributed by atoms with van der Waals surface area (Å²) in [6, 6.07) is 10.0. The Labute approximate surface area is 95.3 Å². The highest BCUT2D eigenvalue weighted by molar-refractivity contribution is 6.01. The van der Waals surface area contributed by atoms with Gasteiger partial charge in [-0.25, -0.2) is 0 Å². The van der Waals surface area contributed by atoms with Gasteiger partial charge in [0.15, 0.2) is 0 Å². The van der Waals surface area contributed by atoms with Gasteiger partial charge in [-0.15, -0.1) is 0 Å². The molecule has 2 rings (SSSR count). The van der Waals surface area contributed by atoms with Crippen molar-refractivity contribution in [3.8, 4) is 6.07 Å². The monoisotopic (exact) mass is 214 g/mol. The number of hydrogen-bond acceptors (Lipinski definition) is 2. The largest absolute Gasteiger partial charge is 0.312 e. The summed E-state index contributed by atoms with van der Waals surface area (Å²) in [4.78, 5) is 13.6. The average molecular weight is 214 g/mol. The minimum atomic E-state index is 0.179. The number of carbonyl (C=O) groups excluding carboxylic acids is 1. The van der Waals surface area contributed by atoms with Crippen molar-refractivity contribution in [2.45, 2.75) is 25.7 Å². The summed E-state index contributed by atoms with van der Waals surface area (Å²) in [5.41, 5.74) is 2.16. The summed E-state index contributed by atoms with van der Waals surface area (Å²) >= 11 is 0. The van der Waals surface area contributed by atoms with E-state index in [1.165, 1.54) is 0 Å². The van der Waals surface area contributed by atoms with Gasteiger partial charge in [-0.1, -0.05) is 18.2 Å². The van der Waals surface area contributed by atoms with Crippen LogP contribution in [0.3, 0.4) is 0 Å². The normalized spacial score (nSPS) is 13.7. The summed E-state index contributed by atoms with van der Waals surface area (Å²) in [5.74, 6) is 0.179. The molecule has 3 heteroatoms. The quantitative estimate of drug-likeness (QED) is 0.722. The van der Waals surface area contributed by atoms with E-state index in [1.807, 2.05) is 29.2 Å². The van der Waals surface area contributed by atoms with Crippen LogP contribution in [0.5, 0.6) is 0 Å². The molecule has 0 saturated heterocycles. The summed E-state index contributed by atoms with van der Waals surface area (Å²) in [6.45, 7) is 0.734. The first-order chi connectivity index (χ1) is 7.83. The van der Waals surface area contributed by atoms with Crippen molar-refractivity contribution >= 4 is 11.6 Å². The average Bonchev–Trinajstić information content (AvgIpc) is 2.61. The van der Waals surface area contributed by atoms with E-state index in [2.05, 4.69) is 6.07 Å². The Morgan fingerprint density at radius 2 is 2.12 bits per heavy atom. The van der Waals surface area contributed by atoms with Crippen molar-refractivity contribution in [1.29, 1.82) is 5.26 Å². The topological polar surface area (TPSA) is 44.1 Å². The van der Waals surface area contributed by atoms with Crippen molar-refractivity contribution in [3.63, 3.8) is 0 Å². The molecule has 0 aliphatic carbocycles. The van der Waals surface area contributed by atoms with Crippen LogP contribution in [0.4, 0.5) is 5.69 Å². The molecule has 1 aromatic rings. The van der Waals surface area contributed by atoms with Gasteiger partial charge < -0.3 is 4.90 Å². The maximum atomic E-state index is 11.8. The number of amides is 1. The standard InChI is InChI=1S/C13H14N2O/c14-8-4-1-5-9-15-12-7-3-2-6-11(12)10-13(15)16/h2-3,6-7H,1,4-5,9-10H2. The van der Waals surface area contributed by atoms with E-state index in [0.29, 0.717) is 12.8 Å². The Hall–Kier alpha value is -1.82. The van der Waals surface area contributed by atoms with E-state index in [-0.39, 0.29) is 5.91 Å². The van der Waals surface area contributed by atoms with E-state index in [9.17, 15) is 4.79 Å². The van der Waals surface area contributed by atoms with Crippen LogP contribution in [0.1, 0.15) is 24.8 Å². The predicted molar refractivity (Wildman–Crippen MR) is 62.0 cm³/mol. The second kappa shape index (κ2) is 4.80. The molecule has 0 saturated carbocycles. The van der Waals surface area contributed by atoms with E-state index in [1.54, 1.807) is 0 Å². The number of para-hydroxylation sites is 1. The number of benzene rings is 1. The Bertz CT molecular complexity index is 434. The SMILES string of the molecule is N#CCCCCN1C(=O)Cc2ccccc21. The van der Waals surface area contributed by atoms with Crippen molar-refractivity contribution in [2.75, 3.05) is 11.4 Å². The number of nitrogens with zero attached hydrogens (tertiary/aromatic N) is 2. The van der Waals surface area contributed by atoms with Gasteiger partial charge in [0.2, 0.25) is 5.91 Å². The first kappa shape index (κ1) is 10.7. The van der Waals surface area contributed by atoms with Crippen LogP contribution in [-0.4, -0.2) is 12.5 Å². The molecule has 0 unspecified atom stereocenters. The zero-order valence-corrected chi connectivity index (χ0v) is 9.15. The Morgan fingerprint density at radius 1 is 1.31 bits per heavy atom. The summed E-state index contributed by atoms with van der Waals surface area (Å²) in [5, 5.41) is 8.44. The zero-order chi connectivity index (χ0) is 11.4. The lowest BCUT2D eigenvalue weighted by Crippen LogP contribution is -2.27. The first-order valence-corrected chi connectivity index (χ1v) is 5.58. The van der Waals surface area contributed by atoms with Crippen molar-refractivity contribution in [2.24, 2.45) is 0 Å². The summed E-state index contributed by atoms with van der Waals surface area (Å²) < 4.78 is 0. The number of carbonyl (C=O) groups is 1. The van der Waals surface area contributed by atoms with Gasteiger partial charge >= 0.3 is 0 Å². The smallest absolute Gasteiger partial charge is 0.231 e. The third kappa shape index (κ3) is 2.06. The minimum Gasteiger partial charge on any atom is -0.312 e. The Morgan fingerprint density at radius 3 is 2.94 bits per heavy atom. The maximum absolute atomic E-state index is 11.8. The zero-order valence-electron chi connectivity index (χ0n) is 9.15. The van der Waals surface area contributed by atoms with Gasteiger partial charge in [-0.2, -0.15) is 5.26 Å². The number of fused-ring (bicyclic) bond motifs is 1. The highest BCUT2D eigenvalue weighted by Gasteiger charge is 2.25. The molecular formula is C13H14N2O.